The molecule has 0 fully saturated rings. The van der Waals surface area contributed by atoms with Crippen LogP contribution in [-0.4, -0.2) is 32.0 Å². The molecule has 0 bridgehead atoms. The van der Waals surface area contributed by atoms with E-state index in [9.17, 15) is 9.59 Å². The van der Waals surface area contributed by atoms with Crippen molar-refractivity contribution in [2.75, 3.05) is 20.2 Å². The van der Waals surface area contributed by atoms with E-state index in [2.05, 4.69) is 24.5 Å². The number of rotatable bonds is 8. The van der Waals surface area contributed by atoms with E-state index >= 15 is 0 Å². The lowest BCUT2D eigenvalue weighted by molar-refractivity contribution is -0.125. The lowest BCUT2D eigenvalue weighted by Crippen LogP contribution is -2.41. The first-order valence-electron chi connectivity index (χ1n) is 7.37. The summed E-state index contributed by atoms with van der Waals surface area (Å²) in [5.41, 5.74) is 6.12. The number of amides is 2. The predicted molar refractivity (Wildman–Crippen MR) is 85.4 cm³/mol. The molecule has 122 valence electrons. The highest BCUT2D eigenvalue weighted by Crippen LogP contribution is 2.29. The smallest absolute Gasteiger partial charge is 0.239 e. The van der Waals surface area contributed by atoms with Crippen molar-refractivity contribution in [2.24, 2.45) is 11.7 Å². The average Bonchev–Trinajstić information content (AvgIpc) is 2.51. The van der Waals surface area contributed by atoms with Gasteiger partial charge in [-0.15, -0.1) is 0 Å². The number of nitrogens with one attached hydrogen (secondary N) is 2. The third-order valence-corrected chi connectivity index (χ3v) is 3.19. The number of hydrogen-bond acceptors (Lipinski definition) is 4. The summed E-state index contributed by atoms with van der Waals surface area (Å²) >= 11 is 0. The minimum absolute atomic E-state index is 0.0836. The Labute approximate surface area is 131 Å². The van der Waals surface area contributed by atoms with Gasteiger partial charge >= 0.3 is 0 Å². The molecule has 0 saturated heterocycles. The van der Waals surface area contributed by atoms with Crippen LogP contribution < -0.4 is 21.1 Å². The fraction of sp³-hybridized carbons (Fsp3) is 0.500. The van der Waals surface area contributed by atoms with Crippen molar-refractivity contribution in [1.29, 1.82) is 0 Å². The fourth-order valence-electron chi connectivity index (χ4n) is 2.19. The van der Waals surface area contributed by atoms with Gasteiger partial charge in [0.2, 0.25) is 11.8 Å². The normalized spacial score (nSPS) is 11.9. The molecule has 1 unspecified atom stereocenters. The maximum absolute atomic E-state index is 12.0. The van der Waals surface area contributed by atoms with Crippen molar-refractivity contribution < 1.29 is 14.3 Å². The summed E-state index contributed by atoms with van der Waals surface area (Å²) in [5, 5.41) is 5.41. The predicted octanol–water partition coefficient (Wildman–Crippen LogP) is 0.974. The fourth-order valence-corrected chi connectivity index (χ4v) is 2.19. The standard InChI is InChI=1S/C16H25N3O3/c1-11(2)8-13(12-6-4-5-7-14(12)22-3)19-16(21)10-18-15(20)9-17/h4-7,11,13H,8-10,17H2,1-3H3,(H,18,20)(H,19,21). The van der Waals surface area contributed by atoms with Crippen LogP contribution in [0.5, 0.6) is 5.75 Å². The molecule has 1 aromatic carbocycles. The molecule has 22 heavy (non-hydrogen) atoms. The van der Waals surface area contributed by atoms with Gasteiger partial charge in [-0.1, -0.05) is 32.0 Å². The Morgan fingerprint density at radius 3 is 2.50 bits per heavy atom. The Kier molecular flexibility index (Phi) is 7.39. The van der Waals surface area contributed by atoms with Gasteiger partial charge in [-0.05, 0) is 18.4 Å². The van der Waals surface area contributed by atoms with E-state index in [0.29, 0.717) is 5.92 Å². The highest BCUT2D eigenvalue weighted by Gasteiger charge is 2.19. The summed E-state index contributed by atoms with van der Waals surface area (Å²) in [4.78, 5) is 23.1. The minimum atomic E-state index is -0.354. The number of carbonyl (C=O) groups excluding carboxylic acids is 2. The summed E-state index contributed by atoms with van der Waals surface area (Å²) < 4.78 is 5.37. The van der Waals surface area contributed by atoms with Gasteiger partial charge in [-0.2, -0.15) is 0 Å². The number of para-hydroxylation sites is 1. The van der Waals surface area contributed by atoms with Crippen LogP contribution in [0.15, 0.2) is 24.3 Å². The van der Waals surface area contributed by atoms with Crippen LogP contribution >= 0.6 is 0 Å². The summed E-state index contributed by atoms with van der Waals surface area (Å²) in [6.07, 6.45) is 0.775. The average molecular weight is 307 g/mol. The van der Waals surface area contributed by atoms with Crippen LogP contribution in [0.3, 0.4) is 0 Å². The third-order valence-electron chi connectivity index (χ3n) is 3.19. The summed E-state index contributed by atoms with van der Waals surface area (Å²) in [5.74, 6) is 0.527. The minimum Gasteiger partial charge on any atom is -0.496 e. The Morgan fingerprint density at radius 1 is 1.23 bits per heavy atom. The van der Waals surface area contributed by atoms with E-state index in [1.807, 2.05) is 24.3 Å². The first-order valence-corrected chi connectivity index (χ1v) is 7.37. The van der Waals surface area contributed by atoms with Crippen LogP contribution in [-0.2, 0) is 9.59 Å². The van der Waals surface area contributed by atoms with Gasteiger partial charge in [0.1, 0.15) is 5.75 Å². The van der Waals surface area contributed by atoms with Crippen LogP contribution in [0.4, 0.5) is 0 Å². The SMILES string of the molecule is COc1ccccc1C(CC(C)C)NC(=O)CNC(=O)CN. The molecular formula is C16H25N3O3. The molecule has 1 aromatic rings. The molecule has 1 rings (SSSR count). The van der Waals surface area contributed by atoms with Gasteiger partial charge in [0.25, 0.3) is 0 Å². The van der Waals surface area contributed by atoms with Crippen molar-refractivity contribution in [1.82, 2.24) is 10.6 Å². The van der Waals surface area contributed by atoms with Crippen molar-refractivity contribution in [2.45, 2.75) is 26.3 Å². The summed E-state index contributed by atoms with van der Waals surface area (Å²) in [7, 11) is 1.61. The van der Waals surface area contributed by atoms with Gasteiger partial charge in [-0.3, -0.25) is 9.59 Å². The highest BCUT2D eigenvalue weighted by molar-refractivity contribution is 5.85. The molecule has 0 aliphatic heterocycles. The number of ether oxygens (including phenoxy) is 1. The zero-order valence-electron chi connectivity index (χ0n) is 13.4. The Balaban J connectivity index is 2.80. The van der Waals surface area contributed by atoms with E-state index in [4.69, 9.17) is 10.5 Å². The quantitative estimate of drug-likeness (QED) is 0.667. The molecule has 6 heteroatoms. The van der Waals surface area contributed by atoms with Gasteiger partial charge in [0, 0.05) is 5.56 Å². The zero-order chi connectivity index (χ0) is 16.5. The zero-order valence-corrected chi connectivity index (χ0v) is 13.4. The van der Waals surface area contributed by atoms with E-state index in [-0.39, 0.29) is 30.9 Å². The number of nitrogens with two attached hydrogens (primary N) is 1. The van der Waals surface area contributed by atoms with E-state index < -0.39 is 0 Å². The van der Waals surface area contributed by atoms with Gasteiger partial charge in [-0.25, -0.2) is 0 Å². The molecule has 1 atom stereocenters. The van der Waals surface area contributed by atoms with Crippen molar-refractivity contribution >= 4 is 11.8 Å². The van der Waals surface area contributed by atoms with E-state index in [0.717, 1.165) is 17.7 Å². The lowest BCUT2D eigenvalue weighted by Gasteiger charge is -2.23. The first-order chi connectivity index (χ1) is 10.5. The van der Waals surface area contributed by atoms with Gasteiger partial charge < -0.3 is 21.1 Å². The molecule has 0 aromatic heterocycles. The summed E-state index contributed by atoms with van der Waals surface area (Å²) in [6.45, 7) is 3.96. The van der Waals surface area contributed by atoms with Crippen molar-refractivity contribution in [3.8, 4) is 5.75 Å². The maximum Gasteiger partial charge on any atom is 0.239 e. The number of hydrogen-bond donors (Lipinski definition) is 3. The molecule has 0 aliphatic rings. The second-order valence-corrected chi connectivity index (χ2v) is 5.47. The second kappa shape index (κ2) is 9.04. The number of carbonyl (C=O) groups is 2. The monoisotopic (exact) mass is 307 g/mol. The van der Waals surface area contributed by atoms with Gasteiger partial charge in [0.05, 0.1) is 26.2 Å². The molecule has 4 N–H and O–H groups in total. The summed E-state index contributed by atoms with van der Waals surface area (Å²) in [6, 6.07) is 7.43. The number of benzene rings is 1. The lowest BCUT2D eigenvalue weighted by atomic mass is 9.96. The highest BCUT2D eigenvalue weighted by atomic mass is 16.5. The molecule has 2 amide bonds. The Morgan fingerprint density at radius 2 is 1.91 bits per heavy atom. The van der Waals surface area contributed by atoms with Crippen LogP contribution in [0, 0.1) is 5.92 Å². The van der Waals surface area contributed by atoms with E-state index in [1.165, 1.54) is 0 Å². The first kappa shape index (κ1) is 18.0. The van der Waals surface area contributed by atoms with Crippen LogP contribution in [0.25, 0.3) is 0 Å². The van der Waals surface area contributed by atoms with Crippen molar-refractivity contribution in [3.05, 3.63) is 29.8 Å². The molecule has 6 nitrogen and oxygen atoms in total. The number of methoxy groups -OCH3 is 1. The van der Waals surface area contributed by atoms with Gasteiger partial charge in [0.15, 0.2) is 0 Å². The van der Waals surface area contributed by atoms with Crippen LogP contribution in [0.2, 0.25) is 0 Å². The molecule has 0 spiro atoms. The molecular weight excluding hydrogens is 282 g/mol. The molecule has 0 heterocycles. The topological polar surface area (TPSA) is 93.5 Å². The molecule has 0 saturated carbocycles. The molecule has 0 aliphatic carbocycles. The second-order valence-electron chi connectivity index (χ2n) is 5.47. The Bertz CT molecular complexity index is 503. The van der Waals surface area contributed by atoms with Crippen LogP contribution in [0.1, 0.15) is 31.9 Å². The Hall–Kier alpha value is -2.08. The van der Waals surface area contributed by atoms with Crippen molar-refractivity contribution in [3.63, 3.8) is 0 Å². The van der Waals surface area contributed by atoms with E-state index in [1.54, 1.807) is 7.11 Å². The maximum atomic E-state index is 12.0. The molecule has 0 radical (unpaired) electrons. The third kappa shape index (κ3) is 5.73. The largest absolute Gasteiger partial charge is 0.496 e.